The molecule has 0 radical (unpaired) electrons. The number of carbonyl (C=O) groups excluding carboxylic acids is 1. The second-order valence-corrected chi connectivity index (χ2v) is 6.22. The van der Waals surface area contributed by atoms with E-state index in [-0.39, 0.29) is 12.0 Å². The lowest BCUT2D eigenvalue weighted by molar-refractivity contribution is -0.136. The molecule has 3 saturated heterocycles. The first-order valence-electron chi connectivity index (χ1n) is 7.37. The molecule has 0 saturated carbocycles. The van der Waals surface area contributed by atoms with Gasteiger partial charge in [0.1, 0.15) is 0 Å². The summed E-state index contributed by atoms with van der Waals surface area (Å²) in [5.74, 6) is 0.595. The van der Waals surface area contributed by atoms with Gasteiger partial charge in [-0.05, 0) is 37.3 Å². The monoisotopic (exact) mass is 256 g/mol. The molecule has 19 heavy (non-hydrogen) atoms. The van der Waals surface area contributed by atoms with Crippen molar-refractivity contribution in [3.8, 4) is 0 Å². The zero-order valence-electron chi connectivity index (χ0n) is 11.4. The number of aryl methyl sites for hydroxylation is 1. The third-order valence-corrected chi connectivity index (χ3v) is 5.04. The van der Waals surface area contributed by atoms with Crippen molar-refractivity contribution < 1.29 is 4.79 Å². The Labute approximate surface area is 114 Å². The Balaban J connectivity index is 1.85. The molecular weight excluding hydrogens is 236 g/mol. The number of hydrogen-bond donors (Lipinski definition) is 1. The van der Waals surface area contributed by atoms with Crippen molar-refractivity contribution in [3.63, 3.8) is 0 Å². The van der Waals surface area contributed by atoms with Gasteiger partial charge in [0.15, 0.2) is 0 Å². The summed E-state index contributed by atoms with van der Waals surface area (Å²) < 4.78 is 0. The molecule has 1 aromatic rings. The van der Waals surface area contributed by atoms with Gasteiger partial charge in [-0.25, -0.2) is 0 Å². The maximum absolute atomic E-state index is 12.6. The van der Waals surface area contributed by atoms with E-state index in [2.05, 4.69) is 35.3 Å². The summed E-state index contributed by atoms with van der Waals surface area (Å²) in [5, 5.41) is 3.61. The molecule has 0 aromatic heterocycles. The second kappa shape index (κ2) is 4.07. The van der Waals surface area contributed by atoms with E-state index in [1.54, 1.807) is 0 Å². The lowest BCUT2D eigenvalue weighted by Gasteiger charge is -2.39. The Kier molecular flexibility index (Phi) is 2.46. The highest BCUT2D eigenvalue weighted by molar-refractivity contribution is 5.81. The fourth-order valence-electron chi connectivity index (χ4n) is 4.04. The molecule has 3 heteroatoms. The third-order valence-electron chi connectivity index (χ3n) is 5.04. The van der Waals surface area contributed by atoms with Gasteiger partial charge in [0, 0.05) is 19.1 Å². The fraction of sp³-hybridized carbons (Fsp3) is 0.562. The summed E-state index contributed by atoms with van der Waals surface area (Å²) in [4.78, 5) is 14.8. The number of piperidine rings is 1. The molecular formula is C16H20N2O. The molecule has 1 amide bonds. The van der Waals surface area contributed by atoms with E-state index in [1.807, 2.05) is 0 Å². The first-order chi connectivity index (χ1) is 9.24. The molecule has 0 spiro atoms. The summed E-state index contributed by atoms with van der Waals surface area (Å²) in [6, 6.07) is 7.45. The van der Waals surface area contributed by atoms with Gasteiger partial charge in [-0.1, -0.05) is 23.8 Å². The van der Waals surface area contributed by atoms with Crippen molar-refractivity contribution in [3.05, 3.63) is 34.9 Å². The minimum atomic E-state index is 0.215. The van der Waals surface area contributed by atoms with E-state index in [0.717, 1.165) is 32.4 Å². The molecule has 4 aliphatic rings. The molecule has 3 nitrogen and oxygen atoms in total. The topological polar surface area (TPSA) is 32.3 Å². The standard InChI is InChI=1S/C16H20N2O/c1-10-2-3-11-6-7-18-15(13(11)8-10)14-5-4-12(9-17-14)16(18)19/h2-3,8,12,14-15,17H,4-7,9H2,1H3. The van der Waals surface area contributed by atoms with Crippen LogP contribution in [0.2, 0.25) is 0 Å². The van der Waals surface area contributed by atoms with Crippen LogP contribution in [-0.2, 0) is 11.2 Å². The summed E-state index contributed by atoms with van der Waals surface area (Å²) >= 11 is 0. The largest absolute Gasteiger partial charge is 0.333 e. The molecule has 3 fully saturated rings. The van der Waals surface area contributed by atoms with Crippen LogP contribution in [0, 0.1) is 12.8 Å². The summed E-state index contributed by atoms with van der Waals surface area (Å²) in [7, 11) is 0. The van der Waals surface area contributed by atoms with Crippen molar-refractivity contribution in [2.45, 2.75) is 38.3 Å². The van der Waals surface area contributed by atoms with E-state index in [4.69, 9.17) is 0 Å². The normalized spacial score (nSPS) is 32.8. The lowest BCUT2D eigenvalue weighted by Crippen LogP contribution is -2.45. The van der Waals surface area contributed by atoms with Gasteiger partial charge in [0.05, 0.1) is 12.0 Å². The molecule has 1 N–H and O–H groups in total. The predicted octanol–water partition coefficient (Wildman–Crippen LogP) is 1.80. The number of hydrogen-bond acceptors (Lipinski definition) is 2. The zero-order chi connectivity index (χ0) is 13.0. The van der Waals surface area contributed by atoms with Gasteiger partial charge >= 0.3 is 0 Å². The minimum Gasteiger partial charge on any atom is -0.333 e. The molecule has 3 unspecified atom stereocenters. The van der Waals surface area contributed by atoms with Gasteiger partial charge in [0.2, 0.25) is 5.91 Å². The van der Waals surface area contributed by atoms with Crippen LogP contribution in [0.4, 0.5) is 0 Å². The second-order valence-electron chi connectivity index (χ2n) is 6.22. The first kappa shape index (κ1) is 11.5. The summed E-state index contributed by atoms with van der Waals surface area (Å²) in [5.41, 5.74) is 4.12. The molecule has 5 rings (SSSR count). The quantitative estimate of drug-likeness (QED) is 0.767. The Morgan fingerprint density at radius 1 is 1.32 bits per heavy atom. The summed E-state index contributed by atoms with van der Waals surface area (Å²) in [6.07, 6.45) is 3.20. The SMILES string of the molecule is Cc1ccc2c(c1)C1C3CCC(CN3)C(=O)N1CC2. The van der Waals surface area contributed by atoms with E-state index >= 15 is 0 Å². The smallest absolute Gasteiger partial charge is 0.227 e. The number of fused-ring (bicyclic) bond motifs is 3. The third kappa shape index (κ3) is 1.64. The zero-order valence-corrected chi connectivity index (χ0v) is 11.4. The summed E-state index contributed by atoms with van der Waals surface area (Å²) in [6.45, 7) is 3.91. The molecule has 3 atom stereocenters. The average molecular weight is 256 g/mol. The van der Waals surface area contributed by atoms with Crippen LogP contribution in [0.1, 0.15) is 35.6 Å². The Morgan fingerprint density at radius 3 is 3.00 bits per heavy atom. The molecule has 100 valence electrons. The van der Waals surface area contributed by atoms with Crippen LogP contribution >= 0.6 is 0 Å². The van der Waals surface area contributed by atoms with Crippen molar-refractivity contribution in [2.75, 3.05) is 13.1 Å². The number of nitrogens with one attached hydrogen (secondary N) is 1. The van der Waals surface area contributed by atoms with Gasteiger partial charge < -0.3 is 10.2 Å². The minimum absolute atomic E-state index is 0.215. The number of carbonyl (C=O) groups is 1. The van der Waals surface area contributed by atoms with E-state index in [0.29, 0.717) is 11.9 Å². The Bertz CT molecular complexity index is 532. The highest BCUT2D eigenvalue weighted by Crippen LogP contribution is 2.40. The fourth-order valence-corrected chi connectivity index (χ4v) is 4.04. The molecule has 2 bridgehead atoms. The van der Waals surface area contributed by atoms with Gasteiger partial charge in [-0.2, -0.15) is 0 Å². The van der Waals surface area contributed by atoms with Crippen molar-refractivity contribution in [1.29, 1.82) is 0 Å². The van der Waals surface area contributed by atoms with Crippen LogP contribution in [0.15, 0.2) is 18.2 Å². The molecule has 1 aromatic carbocycles. The van der Waals surface area contributed by atoms with Crippen LogP contribution in [-0.4, -0.2) is 29.9 Å². The van der Waals surface area contributed by atoms with Gasteiger partial charge in [0.25, 0.3) is 0 Å². The number of amides is 1. The molecule has 4 aliphatic heterocycles. The Hall–Kier alpha value is -1.35. The lowest BCUT2D eigenvalue weighted by atomic mass is 9.86. The Morgan fingerprint density at radius 2 is 2.21 bits per heavy atom. The van der Waals surface area contributed by atoms with Crippen molar-refractivity contribution >= 4 is 5.91 Å². The van der Waals surface area contributed by atoms with Crippen LogP contribution in [0.5, 0.6) is 0 Å². The van der Waals surface area contributed by atoms with Gasteiger partial charge in [-0.15, -0.1) is 0 Å². The molecule has 0 aliphatic carbocycles. The maximum atomic E-state index is 12.6. The van der Waals surface area contributed by atoms with Crippen LogP contribution in [0.25, 0.3) is 0 Å². The van der Waals surface area contributed by atoms with E-state index in [1.165, 1.54) is 16.7 Å². The average Bonchev–Trinajstić information content (AvgIpc) is 2.66. The van der Waals surface area contributed by atoms with Gasteiger partial charge in [-0.3, -0.25) is 4.79 Å². The van der Waals surface area contributed by atoms with E-state index < -0.39 is 0 Å². The van der Waals surface area contributed by atoms with Crippen LogP contribution < -0.4 is 5.32 Å². The van der Waals surface area contributed by atoms with Crippen molar-refractivity contribution in [1.82, 2.24) is 10.2 Å². The van der Waals surface area contributed by atoms with Crippen molar-refractivity contribution in [2.24, 2.45) is 5.92 Å². The molecule has 4 heterocycles. The first-order valence-corrected chi connectivity index (χ1v) is 7.37. The number of rotatable bonds is 0. The number of nitrogens with zero attached hydrogens (tertiary/aromatic N) is 1. The predicted molar refractivity (Wildman–Crippen MR) is 73.9 cm³/mol. The van der Waals surface area contributed by atoms with Crippen LogP contribution in [0.3, 0.4) is 0 Å². The number of benzene rings is 1. The highest BCUT2D eigenvalue weighted by atomic mass is 16.2. The van der Waals surface area contributed by atoms with E-state index in [9.17, 15) is 4.79 Å². The highest BCUT2D eigenvalue weighted by Gasteiger charge is 2.44. The maximum Gasteiger partial charge on any atom is 0.227 e.